The molecule has 2 aromatic heterocycles. The zero-order valence-electron chi connectivity index (χ0n) is 13.5. The maximum atomic E-state index is 12.5. The number of rotatable bonds is 7. The van der Waals surface area contributed by atoms with Crippen LogP contribution in [0.2, 0.25) is 0 Å². The van der Waals surface area contributed by atoms with Gasteiger partial charge in [-0.15, -0.1) is 0 Å². The van der Waals surface area contributed by atoms with E-state index in [1.807, 2.05) is 54.2 Å². The quantitative estimate of drug-likeness (QED) is 0.710. The molecule has 0 bridgehead atoms. The maximum absolute atomic E-state index is 12.5. The number of benzene rings is 1. The zero-order valence-corrected chi connectivity index (χ0v) is 14.3. The summed E-state index contributed by atoms with van der Waals surface area (Å²) in [5, 5.41) is 7.13. The molecule has 0 saturated heterocycles. The van der Waals surface area contributed by atoms with Crippen LogP contribution in [0.4, 0.5) is 0 Å². The summed E-state index contributed by atoms with van der Waals surface area (Å²) in [4.78, 5) is 12.5. The van der Waals surface area contributed by atoms with Crippen LogP contribution >= 0.6 is 11.3 Å². The van der Waals surface area contributed by atoms with Crippen LogP contribution in [0.5, 0.6) is 5.75 Å². The van der Waals surface area contributed by atoms with Gasteiger partial charge >= 0.3 is 0 Å². The van der Waals surface area contributed by atoms with Gasteiger partial charge in [-0.1, -0.05) is 18.2 Å². The van der Waals surface area contributed by atoms with Crippen LogP contribution in [0.25, 0.3) is 0 Å². The number of carbonyl (C=O) groups excluding carboxylic acids is 1. The lowest BCUT2D eigenvalue weighted by atomic mass is 10.1. The monoisotopic (exact) mass is 340 g/mol. The Hall–Kier alpha value is -2.53. The number of carbonyl (C=O) groups is 1. The third kappa shape index (κ3) is 3.86. The molecule has 1 amide bonds. The lowest BCUT2D eigenvalue weighted by Crippen LogP contribution is -2.26. The van der Waals surface area contributed by atoms with Crippen molar-refractivity contribution < 1.29 is 9.53 Å². The molecule has 24 heavy (non-hydrogen) atoms. The van der Waals surface area contributed by atoms with Gasteiger partial charge in [-0.3, -0.25) is 4.79 Å². The number of para-hydroxylation sites is 1. The Morgan fingerprint density at radius 3 is 2.71 bits per heavy atom. The maximum Gasteiger partial charge on any atom is 0.222 e. The molecule has 4 nitrogen and oxygen atoms in total. The average molecular weight is 340 g/mol. The fraction of sp³-hybridized carbons (Fsp3) is 0.211. The van der Waals surface area contributed by atoms with E-state index in [0.29, 0.717) is 13.0 Å². The normalized spacial score (nSPS) is 11.9. The largest absolute Gasteiger partial charge is 0.496 e. The van der Waals surface area contributed by atoms with Crippen molar-refractivity contribution in [1.82, 2.24) is 9.88 Å². The summed E-state index contributed by atoms with van der Waals surface area (Å²) in [5.74, 6) is 0.809. The summed E-state index contributed by atoms with van der Waals surface area (Å²) in [5.41, 5.74) is 2.13. The molecule has 0 fully saturated rings. The number of amides is 1. The molecule has 0 aliphatic rings. The highest BCUT2D eigenvalue weighted by Gasteiger charge is 2.17. The van der Waals surface area contributed by atoms with Gasteiger partial charge in [-0.25, -0.2) is 0 Å². The number of methoxy groups -OCH3 is 1. The number of ether oxygens (including phenoxy) is 1. The zero-order chi connectivity index (χ0) is 16.8. The molecule has 3 rings (SSSR count). The molecule has 2 heterocycles. The summed E-state index contributed by atoms with van der Waals surface area (Å²) in [6.45, 7) is 0.463. The Kier molecular flexibility index (Phi) is 5.33. The van der Waals surface area contributed by atoms with Gasteiger partial charge in [0.25, 0.3) is 0 Å². The predicted octanol–water partition coefficient (Wildman–Crippen LogP) is 3.85. The molecule has 3 aromatic rings. The summed E-state index contributed by atoms with van der Waals surface area (Å²) in [7, 11) is 1.64. The van der Waals surface area contributed by atoms with Crippen LogP contribution in [0.3, 0.4) is 0 Å². The van der Waals surface area contributed by atoms with Gasteiger partial charge in [-0.05, 0) is 40.6 Å². The van der Waals surface area contributed by atoms with Crippen molar-refractivity contribution in [2.24, 2.45) is 0 Å². The van der Waals surface area contributed by atoms with Crippen molar-refractivity contribution >= 4 is 17.2 Å². The van der Waals surface area contributed by atoms with Crippen molar-refractivity contribution in [3.8, 4) is 5.75 Å². The predicted molar refractivity (Wildman–Crippen MR) is 96.3 cm³/mol. The molecule has 1 N–H and O–H groups in total. The van der Waals surface area contributed by atoms with Gasteiger partial charge in [-0.2, -0.15) is 11.3 Å². The Morgan fingerprint density at radius 2 is 2.00 bits per heavy atom. The molecular formula is C19H20N2O2S. The third-order valence-corrected chi connectivity index (χ3v) is 4.66. The summed E-state index contributed by atoms with van der Waals surface area (Å²) < 4.78 is 7.40. The van der Waals surface area contributed by atoms with E-state index in [-0.39, 0.29) is 11.9 Å². The highest BCUT2D eigenvalue weighted by molar-refractivity contribution is 7.08. The Bertz CT molecular complexity index is 732. The smallest absolute Gasteiger partial charge is 0.222 e. The Morgan fingerprint density at radius 1 is 1.21 bits per heavy atom. The van der Waals surface area contributed by atoms with E-state index in [4.69, 9.17) is 4.74 Å². The van der Waals surface area contributed by atoms with Crippen molar-refractivity contribution in [2.45, 2.75) is 19.0 Å². The number of nitrogens with one attached hydrogen (secondary N) is 1. The fourth-order valence-corrected chi connectivity index (χ4v) is 3.41. The standard InChI is InChI=1S/C19H20N2O2S/c1-23-18-7-3-2-6-15(18)13-20-19(22)12-17(16-8-11-24-14-16)21-9-4-5-10-21/h2-11,14,17H,12-13H2,1H3,(H,20,22)/t17-/m0/s1. The molecule has 1 atom stereocenters. The highest BCUT2D eigenvalue weighted by atomic mass is 32.1. The van der Waals surface area contributed by atoms with Crippen LogP contribution in [-0.4, -0.2) is 17.6 Å². The SMILES string of the molecule is COc1ccccc1CNC(=O)C[C@@H](c1ccsc1)n1cccc1. The number of hydrogen-bond acceptors (Lipinski definition) is 3. The minimum Gasteiger partial charge on any atom is -0.496 e. The van der Waals surface area contributed by atoms with Crippen LogP contribution in [0, 0.1) is 0 Å². The van der Waals surface area contributed by atoms with E-state index >= 15 is 0 Å². The van der Waals surface area contributed by atoms with Crippen LogP contribution in [0.15, 0.2) is 65.6 Å². The van der Waals surface area contributed by atoms with Crippen LogP contribution in [0.1, 0.15) is 23.6 Å². The second-order valence-corrected chi connectivity index (χ2v) is 6.28. The van der Waals surface area contributed by atoms with Crippen LogP contribution < -0.4 is 10.1 Å². The summed E-state index contributed by atoms with van der Waals surface area (Å²) >= 11 is 1.65. The Labute approximate surface area is 145 Å². The molecule has 0 radical (unpaired) electrons. The van der Waals surface area contributed by atoms with E-state index in [9.17, 15) is 4.79 Å². The van der Waals surface area contributed by atoms with E-state index in [0.717, 1.165) is 16.9 Å². The molecule has 0 spiro atoms. The van der Waals surface area contributed by atoms with Gasteiger partial charge in [0.2, 0.25) is 5.91 Å². The first-order valence-corrected chi connectivity index (χ1v) is 8.75. The van der Waals surface area contributed by atoms with Crippen molar-refractivity contribution in [2.75, 3.05) is 7.11 Å². The lowest BCUT2D eigenvalue weighted by molar-refractivity contribution is -0.121. The molecule has 0 aliphatic heterocycles. The summed E-state index contributed by atoms with van der Waals surface area (Å²) in [6, 6.07) is 13.8. The first-order chi connectivity index (χ1) is 11.8. The van der Waals surface area contributed by atoms with E-state index in [1.54, 1.807) is 18.4 Å². The Balaban J connectivity index is 1.66. The minimum atomic E-state index is 0.0175. The molecule has 124 valence electrons. The first-order valence-electron chi connectivity index (χ1n) is 7.81. The number of nitrogens with zero attached hydrogens (tertiary/aromatic N) is 1. The van der Waals surface area contributed by atoms with Gasteiger partial charge < -0.3 is 14.6 Å². The molecule has 1 aromatic carbocycles. The molecule has 0 unspecified atom stereocenters. The molecule has 0 saturated carbocycles. The molecule has 0 aliphatic carbocycles. The highest BCUT2D eigenvalue weighted by Crippen LogP contribution is 2.24. The third-order valence-electron chi connectivity index (χ3n) is 3.96. The first kappa shape index (κ1) is 16.3. The minimum absolute atomic E-state index is 0.0175. The number of hydrogen-bond donors (Lipinski definition) is 1. The second kappa shape index (κ2) is 7.84. The van der Waals surface area contributed by atoms with Crippen molar-refractivity contribution in [3.63, 3.8) is 0 Å². The second-order valence-electron chi connectivity index (χ2n) is 5.50. The topological polar surface area (TPSA) is 43.3 Å². The van der Waals surface area contributed by atoms with E-state index in [1.165, 1.54) is 0 Å². The van der Waals surface area contributed by atoms with Gasteiger partial charge in [0.05, 0.1) is 19.6 Å². The summed E-state index contributed by atoms with van der Waals surface area (Å²) in [6.07, 6.45) is 4.40. The van der Waals surface area contributed by atoms with Crippen molar-refractivity contribution in [3.05, 3.63) is 76.7 Å². The lowest BCUT2D eigenvalue weighted by Gasteiger charge is -2.18. The van der Waals surface area contributed by atoms with E-state index < -0.39 is 0 Å². The van der Waals surface area contributed by atoms with Crippen LogP contribution in [-0.2, 0) is 11.3 Å². The van der Waals surface area contributed by atoms with E-state index in [2.05, 4.69) is 21.3 Å². The average Bonchev–Trinajstić information content (AvgIpc) is 3.31. The van der Waals surface area contributed by atoms with Crippen molar-refractivity contribution in [1.29, 1.82) is 0 Å². The van der Waals surface area contributed by atoms with Gasteiger partial charge in [0.15, 0.2) is 0 Å². The van der Waals surface area contributed by atoms with Gasteiger partial charge in [0.1, 0.15) is 5.75 Å². The van der Waals surface area contributed by atoms with Gasteiger partial charge in [0, 0.05) is 24.5 Å². The number of aromatic nitrogens is 1. The molecule has 5 heteroatoms. The number of thiophene rings is 1. The molecular weight excluding hydrogens is 320 g/mol. The fourth-order valence-electron chi connectivity index (χ4n) is 2.71.